The van der Waals surface area contributed by atoms with Crippen LogP contribution in [0.4, 0.5) is 17.6 Å². The van der Waals surface area contributed by atoms with Crippen molar-refractivity contribution in [3.8, 4) is 0 Å². The first-order valence-corrected chi connectivity index (χ1v) is 8.60. The number of nitrogens with one attached hydrogen (secondary N) is 1. The summed E-state index contributed by atoms with van der Waals surface area (Å²) in [7, 11) is 0. The lowest BCUT2D eigenvalue weighted by Gasteiger charge is -2.37. The summed E-state index contributed by atoms with van der Waals surface area (Å²) in [6.45, 7) is 6.18. The average Bonchev–Trinajstić information content (AvgIpc) is 2.39. The maximum atomic E-state index is 13.7. The van der Waals surface area contributed by atoms with E-state index in [2.05, 4.69) is 4.72 Å². The maximum Gasteiger partial charge on any atom is 0.414 e. The molecule has 1 aromatic carbocycles. The summed E-state index contributed by atoms with van der Waals surface area (Å²) >= 11 is 4.12. The summed E-state index contributed by atoms with van der Waals surface area (Å²) < 4.78 is 66.3. The Balaban J connectivity index is 3.32. The zero-order valence-corrected chi connectivity index (χ0v) is 15.2. The van der Waals surface area contributed by atoms with Gasteiger partial charge in [-0.15, -0.1) is 4.72 Å². The monoisotopic (exact) mass is 389 g/mol. The second kappa shape index (κ2) is 7.37. The Labute approximate surface area is 146 Å². The van der Waals surface area contributed by atoms with E-state index in [1.807, 2.05) is 0 Å². The highest BCUT2D eigenvalue weighted by Crippen LogP contribution is 2.38. The van der Waals surface area contributed by atoms with Crippen LogP contribution in [0, 0.1) is 5.82 Å². The smallest absolute Gasteiger partial charge is 0.414 e. The molecule has 0 spiro atoms. The van der Waals surface area contributed by atoms with E-state index in [0.29, 0.717) is 0 Å². The van der Waals surface area contributed by atoms with Crippen molar-refractivity contribution in [1.82, 2.24) is 4.72 Å². The third-order valence-electron chi connectivity index (χ3n) is 3.40. The second-order valence-electron chi connectivity index (χ2n) is 6.68. The fraction of sp³-hybridized carbons (Fsp3) is 0.600. The van der Waals surface area contributed by atoms with Crippen LogP contribution in [0.1, 0.15) is 39.7 Å². The molecule has 0 aliphatic heterocycles. The lowest BCUT2D eigenvalue weighted by atomic mass is 9.87. The van der Waals surface area contributed by atoms with Crippen LogP contribution in [0.25, 0.3) is 0 Å². The standard InChI is InChI=1S/C15H20ClF4NO2S/c1-13(2,3)24(23)21-14(4,8-11(22)15(18,19)20)9-6-5-7-10(17)12(9)16/h5-7,11,21-22H,8H2,1-4H3/t11-,14?,24+/m0/s1. The van der Waals surface area contributed by atoms with Crippen LogP contribution in [0.3, 0.4) is 0 Å². The van der Waals surface area contributed by atoms with Crippen molar-refractivity contribution in [2.24, 2.45) is 0 Å². The third-order valence-corrected chi connectivity index (χ3v) is 5.53. The first-order valence-electron chi connectivity index (χ1n) is 7.07. The van der Waals surface area contributed by atoms with Gasteiger partial charge in [0, 0.05) is 17.8 Å². The van der Waals surface area contributed by atoms with E-state index in [1.54, 1.807) is 20.8 Å². The molecule has 0 aromatic heterocycles. The first-order chi connectivity index (χ1) is 10.7. The molecule has 0 heterocycles. The summed E-state index contributed by atoms with van der Waals surface area (Å²) in [6, 6.07) is 3.69. The number of alkyl halides is 3. The number of hydrogen-bond acceptors (Lipinski definition) is 3. The van der Waals surface area contributed by atoms with Crippen molar-refractivity contribution in [2.45, 2.75) is 56.7 Å². The van der Waals surface area contributed by atoms with Gasteiger partial charge in [0.2, 0.25) is 0 Å². The van der Waals surface area contributed by atoms with Crippen molar-refractivity contribution in [3.05, 3.63) is 34.6 Å². The molecule has 9 heteroatoms. The van der Waals surface area contributed by atoms with Gasteiger partial charge in [-0.3, -0.25) is 0 Å². The summed E-state index contributed by atoms with van der Waals surface area (Å²) in [5.74, 6) is -0.815. The highest BCUT2D eigenvalue weighted by atomic mass is 35.5. The Morgan fingerprint density at radius 2 is 1.79 bits per heavy atom. The predicted octanol–water partition coefficient (Wildman–Crippen LogP) is 4.06. The van der Waals surface area contributed by atoms with E-state index in [1.165, 1.54) is 19.1 Å². The average molecular weight is 390 g/mol. The van der Waals surface area contributed by atoms with Gasteiger partial charge in [0.15, 0.2) is 6.10 Å². The van der Waals surface area contributed by atoms with Gasteiger partial charge >= 0.3 is 6.18 Å². The molecule has 0 aliphatic carbocycles. The summed E-state index contributed by atoms with van der Waals surface area (Å²) in [5, 5.41) is 9.08. The lowest BCUT2D eigenvalue weighted by Crippen LogP contribution is -2.52. The molecule has 3 nitrogen and oxygen atoms in total. The normalized spacial score (nSPS) is 18.1. The van der Waals surface area contributed by atoms with Crippen molar-refractivity contribution in [1.29, 1.82) is 0 Å². The van der Waals surface area contributed by atoms with Crippen molar-refractivity contribution < 1.29 is 27.2 Å². The van der Waals surface area contributed by atoms with Crippen LogP contribution < -0.4 is 4.72 Å². The molecular weight excluding hydrogens is 370 g/mol. The van der Waals surface area contributed by atoms with Crippen molar-refractivity contribution >= 4 is 23.0 Å². The zero-order chi connectivity index (χ0) is 18.9. The van der Waals surface area contributed by atoms with Gasteiger partial charge in [0.05, 0.1) is 10.6 Å². The van der Waals surface area contributed by atoms with Gasteiger partial charge in [-0.05, 0) is 39.3 Å². The second-order valence-corrected chi connectivity index (χ2v) is 9.02. The Morgan fingerprint density at radius 3 is 2.25 bits per heavy atom. The number of halogens is 5. The van der Waals surface area contributed by atoms with Crippen LogP contribution in [-0.4, -0.2) is 26.7 Å². The maximum absolute atomic E-state index is 13.7. The van der Waals surface area contributed by atoms with Crippen LogP contribution in [0.15, 0.2) is 18.2 Å². The fourth-order valence-electron chi connectivity index (χ4n) is 2.00. The molecule has 3 atom stereocenters. The van der Waals surface area contributed by atoms with E-state index in [9.17, 15) is 27.2 Å². The number of aliphatic hydroxyl groups excluding tert-OH is 1. The lowest BCUT2D eigenvalue weighted by molar-refractivity contribution is -0.209. The van der Waals surface area contributed by atoms with Gasteiger partial charge in [-0.2, -0.15) is 13.2 Å². The molecule has 2 N–H and O–H groups in total. The van der Waals surface area contributed by atoms with Crippen LogP contribution in [0.2, 0.25) is 5.02 Å². The molecule has 1 unspecified atom stereocenters. The van der Waals surface area contributed by atoms with Crippen molar-refractivity contribution in [3.63, 3.8) is 0 Å². The Kier molecular flexibility index (Phi) is 6.60. The Morgan fingerprint density at radius 1 is 1.25 bits per heavy atom. The van der Waals surface area contributed by atoms with Gasteiger partial charge in [-0.25, -0.2) is 4.39 Å². The molecule has 0 saturated heterocycles. The number of rotatable bonds is 5. The Bertz CT molecular complexity index is 556. The van der Waals surface area contributed by atoms with Gasteiger partial charge in [0.1, 0.15) is 10.6 Å². The largest absolute Gasteiger partial charge is 0.598 e. The number of hydrogen-bond donors (Lipinski definition) is 2. The van der Waals surface area contributed by atoms with Gasteiger partial charge < -0.3 is 9.66 Å². The van der Waals surface area contributed by atoms with E-state index in [4.69, 9.17) is 11.6 Å². The van der Waals surface area contributed by atoms with E-state index in [0.717, 1.165) is 6.07 Å². The van der Waals surface area contributed by atoms with Crippen LogP contribution >= 0.6 is 11.6 Å². The fourth-order valence-corrected chi connectivity index (χ4v) is 3.24. The van der Waals surface area contributed by atoms with E-state index < -0.39 is 46.2 Å². The van der Waals surface area contributed by atoms with Crippen molar-refractivity contribution in [2.75, 3.05) is 0 Å². The highest BCUT2D eigenvalue weighted by Gasteiger charge is 2.47. The first kappa shape index (κ1) is 21.5. The summed E-state index contributed by atoms with van der Waals surface area (Å²) in [4.78, 5) is 0. The molecular formula is C15H20ClF4NO2S. The van der Waals surface area contributed by atoms with Gasteiger partial charge in [0.25, 0.3) is 0 Å². The SMILES string of the molecule is CC(C[C@H](O)C(F)(F)F)(N[S@+]([O-])C(C)(C)C)c1cccc(F)c1Cl. The van der Waals surface area contributed by atoms with Crippen LogP contribution in [0.5, 0.6) is 0 Å². The number of aliphatic hydroxyl groups is 1. The molecule has 0 radical (unpaired) electrons. The molecule has 0 aliphatic rings. The molecule has 0 saturated carbocycles. The molecule has 138 valence electrons. The third kappa shape index (κ3) is 5.23. The molecule has 1 rings (SSSR count). The number of benzene rings is 1. The molecule has 24 heavy (non-hydrogen) atoms. The molecule has 1 aromatic rings. The highest BCUT2D eigenvalue weighted by molar-refractivity contribution is 7.90. The molecule has 0 amide bonds. The minimum atomic E-state index is -4.87. The van der Waals surface area contributed by atoms with E-state index in [-0.39, 0.29) is 10.6 Å². The van der Waals surface area contributed by atoms with E-state index >= 15 is 0 Å². The minimum absolute atomic E-state index is 0.00920. The zero-order valence-electron chi connectivity index (χ0n) is 13.7. The summed E-state index contributed by atoms with van der Waals surface area (Å²) in [6.07, 6.45) is -8.43. The van der Waals surface area contributed by atoms with Gasteiger partial charge in [-0.1, -0.05) is 23.7 Å². The quantitative estimate of drug-likeness (QED) is 0.590. The Hall–Kier alpha value is -0.540. The molecule has 0 fully saturated rings. The minimum Gasteiger partial charge on any atom is -0.598 e. The summed E-state index contributed by atoms with van der Waals surface area (Å²) in [5.41, 5.74) is -1.67. The topological polar surface area (TPSA) is 55.3 Å². The van der Waals surface area contributed by atoms with Crippen LogP contribution in [-0.2, 0) is 16.9 Å². The molecule has 0 bridgehead atoms. The predicted molar refractivity (Wildman–Crippen MR) is 86.5 cm³/mol.